The standard InChI is InChI=1S/C16H20N2O5/c1-16(2)15(22)18(11-6-3-4-7-12(11)23-16)10-13(19)17-9-5-8-14(20)21/h3-4,6-7H,5,8-10H2,1-2H3,(H,17,19)(H,20,21). The van der Waals surface area contributed by atoms with E-state index in [0.29, 0.717) is 17.9 Å². The minimum atomic E-state index is -1.04. The third-order valence-corrected chi connectivity index (χ3v) is 3.47. The topological polar surface area (TPSA) is 95.9 Å². The van der Waals surface area contributed by atoms with Crippen molar-refractivity contribution < 1.29 is 24.2 Å². The summed E-state index contributed by atoms with van der Waals surface area (Å²) in [6, 6.07) is 7.04. The summed E-state index contributed by atoms with van der Waals surface area (Å²) in [4.78, 5) is 36.4. The second kappa shape index (κ2) is 6.68. The van der Waals surface area contributed by atoms with E-state index in [1.54, 1.807) is 38.1 Å². The molecule has 2 N–H and O–H groups in total. The summed E-state index contributed by atoms with van der Waals surface area (Å²) >= 11 is 0. The van der Waals surface area contributed by atoms with E-state index in [4.69, 9.17) is 9.84 Å². The largest absolute Gasteiger partial charge is 0.481 e. The predicted octanol–water partition coefficient (Wildman–Crippen LogP) is 1.17. The summed E-state index contributed by atoms with van der Waals surface area (Å²) in [5, 5.41) is 11.2. The maximum absolute atomic E-state index is 12.5. The lowest BCUT2D eigenvalue weighted by molar-refractivity contribution is -0.137. The third kappa shape index (κ3) is 4.00. The van der Waals surface area contributed by atoms with Crippen LogP contribution in [0.5, 0.6) is 5.75 Å². The first-order valence-electron chi connectivity index (χ1n) is 7.40. The number of anilines is 1. The fourth-order valence-corrected chi connectivity index (χ4v) is 2.34. The van der Waals surface area contributed by atoms with Gasteiger partial charge in [-0.3, -0.25) is 19.3 Å². The molecule has 124 valence electrons. The molecule has 0 saturated carbocycles. The SMILES string of the molecule is CC1(C)Oc2ccccc2N(CC(=O)NCCCC(=O)O)C1=O. The average Bonchev–Trinajstić information content (AvgIpc) is 2.48. The Morgan fingerprint density at radius 3 is 2.70 bits per heavy atom. The predicted molar refractivity (Wildman–Crippen MR) is 83.4 cm³/mol. The van der Waals surface area contributed by atoms with Gasteiger partial charge < -0.3 is 15.2 Å². The molecule has 0 saturated heterocycles. The van der Waals surface area contributed by atoms with Crippen LogP contribution >= 0.6 is 0 Å². The van der Waals surface area contributed by atoms with E-state index >= 15 is 0 Å². The Morgan fingerprint density at radius 1 is 1.30 bits per heavy atom. The summed E-state index contributed by atoms with van der Waals surface area (Å²) in [5.41, 5.74) is -0.490. The van der Waals surface area contributed by atoms with Gasteiger partial charge in [0.15, 0.2) is 5.60 Å². The maximum atomic E-state index is 12.5. The number of carboxylic acid groups (broad SMARTS) is 1. The van der Waals surface area contributed by atoms with Crippen molar-refractivity contribution in [3.05, 3.63) is 24.3 Å². The Labute approximate surface area is 134 Å². The van der Waals surface area contributed by atoms with Crippen molar-refractivity contribution in [1.29, 1.82) is 0 Å². The molecule has 0 aliphatic carbocycles. The second-order valence-electron chi connectivity index (χ2n) is 5.82. The smallest absolute Gasteiger partial charge is 0.303 e. The zero-order chi connectivity index (χ0) is 17.0. The molecule has 0 unspecified atom stereocenters. The summed E-state index contributed by atoms with van der Waals surface area (Å²) in [6.45, 7) is 3.44. The molecular weight excluding hydrogens is 300 g/mol. The monoisotopic (exact) mass is 320 g/mol. The minimum absolute atomic E-state index is 0.00731. The minimum Gasteiger partial charge on any atom is -0.481 e. The van der Waals surface area contributed by atoms with Crippen molar-refractivity contribution in [1.82, 2.24) is 5.32 Å². The number of aliphatic carboxylic acids is 1. The second-order valence-corrected chi connectivity index (χ2v) is 5.82. The van der Waals surface area contributed by atoms with Gasteiger partial charge in [0, 0.05) is 13.0 Å². The number of ether oxygens (including phenoxy) is 1. The molecular formula is C16H20N2O5. The van der Waals surface area contributed by atoms with Crippen molar-refractivity contribution in [3.8, 4) is 5.75 Å². The Bertz CT molecular complexity index is 627. The van der Waals surface area contributed by atoms with Crippen molar-refractivity contribution in [2.45, 2.75) is 32.3 Å². The molecule has 2 rings (SSSR count). The van der Waals surface area contributed by atoms with Gasteiger partial charge in [-0.2, -0.15) is 0 Å². The molecule has 0 fully saturated rings. The Kier molecular flexibility index (Phi) is 4.88. The number of carboxylic acids is 1. The Hall–Kier alpha value is -2.57. The molecule has 0 atom stereocenters. The van der Waals surface area contributed by atoms with Gasteiger partial charge >= 0.3 is 5.97 Å². The number of carbonyl (C=O) groups is 3. The van der Waals surface area contributed by atoms with E-state index < -0.39 is 11.6 Å². The normalized spacial score (nSPS) is 15.6. The third-order valence-electron chi connectivity index (χ3n) is 3.47. The number of para-hydroxylation sites is 2. The molecule has 0 aromatic heterocycles. The van der Waals surface area contributed by atoms with E-state index in [1.165, 1.54) is 4.90 Å². The first kappa shape index (κ1) is 16.8. The van der Waals surface area contributed by atoms with Crippen LogP contribution in [-0.2, 0) is 14.4 Å². The van der Waals surface area contributed by atoms with Gasteiger partial charge in [0.05, 0.1) is 5.69 Å². The van der Waals surface area contributed by atoms with Gasteiger partial charge in [-0.25, -0.2) is 0 Å². The maximum Gasteiger partial charge on any atom is 0.303 e. The van der Waals surface area contributed by atoms with Gasteiger partial charge in [0.1, 0.15) is 12.3 Å². The van der Waals surface area contributed by atoms with Gasteiger partial charge in [0.25, 0.3) is 5.91 Å². The first-order chi connectivity index (χ1) is 10.8. The number of nitrogens with one attached hydrogen (secondary N) is 1. The highest BCUT2D eigenvalue weighted by molar-refractivity contribution is 6.05. The average molecular weight is 320 g/mol. The Balaban J connectivity index is 2.04. The highest BCUT2D eigenvalue weighted by Gasteiger charge is 2.41. The summed E-state index contributed by atoms with van der Waals surface area (Å²) in [7, 11) is 0. The summed E-state index contributed by atoms with van der Waals surface area (Å²) < 4.78 is 5.68. The highest BCUT2D eigenvalue weighted by atomic mass is 16.5. The number of fused-ring (bicyclic) bond motifs is 1. The molecule has 1 aromatic carbocycles. The summed E-state index contributed by atoms with van der Waals surface area (Å²) in [6.07, 6.45) is 0.340. The van der Waals surface area contributed by atoms with E-state index in [-0.39, 0.29) is 31.3 Å². The fraction of sp³-hybridized carbons (Fsp3) is 0.438. The molecule has 0 radical (unpaired) electrons. The van der Waals surface area contributed by atoms with Crippen molar-refractivity contribution in [2.24, 2.45) is 0 Å². The number of amides is 2. The molecule has 0 spiro atoms. The van der Waals surface area contributed by atoms with Crippen molar-refractivity contribution in [3.63, 3.8) is 0 Å². The van der Waals surface area contributed by atoms with Crippen LogP contribution in [-0.4, -0.2) is 41.6 Å². The molecule has 23 heavy (non-hydrogen) atoms. The van der Waals surface area contributed by atoms with Crippen LogP contribution in [0.1, 0.15) is 26.7 Å². The molecule has 0 bridgehead atoms. The van der Waals surface area contributed by atoms with Gasteiger partial charge in [-0.05, 0) is 32.4 Å². The van der Waals surface area contributed by atoms with Gasteiger partial charge in [-0.1, -0.05) is 12.1 Å². The van der Waals surface area contributed by atoms with Crippen LogP contribution < -0.4 is 15.0 Å². The quantitative estimate of drug-likeness (QED) is 0.767. The fourth-order valence-electron chi connectivity index (χ4n) is 2.34. The molecule has 1 heterocycles. The summed E-state index contributed by atoms with van der Waals surface area (Å²) in [5.74, 6) is -0.984. The molecule has 7 heteroatoms. The zero-order valence-corrected chi connectivity index (χ0v) is 13.2. The molecule has 1 aromatic rings. The number of hydrogen-bond donors (Lipinski definition) is 2. The van der Waals surface area contributed by atoms with E-state index in [2.05, 4.69) is 5.32 Å². The van der Waals surface area contributed by atoms with Crippen molar-refractivity contribution in [2.75, 3.05) is 18.0 Å². The highest BCUT2D eigenvalue weighted by Crippen LogP contribution is 2.37. The van der Waals surface area contributed by atoms with Crippen LogP contribution in [0.3, 0.4) is 0 Å². The van der Waals surface area contributed by atoms with E-state index in [1.807, 2.05) is 0 Å². The lowest BCUT2D eigenvalue weighted by Crippen LogP contribution is -2.55. The zero-order valence-electron chi connectivity index (χ0n) is 13.2. The lowest BCUT2D eigenvalue weighted by Gasteiger charge is -2.38. The van der Waals surface area contributed by atoms with Crippen molar-refractivity contribution >= 4 is 23.5 Å². The molecule has 7 nitrogen and oxygen atoms in total. The van der Waals surface area contributed by atoms with Gasteiger partial charge in [-0.15, -0.1) is 0 Å². The van der Waals surface area contributed by atoms with Crippen LogP contribution in [0.2, 0.25) is 0 Å². The number of rotatable bonds is 6. The molecule has 1 aliphatic heterocycles. The Morgan fingerprint density at radius 2 is 2.00 bits per heavy atom. The lowest BCUT2D eigenvalue weighted by atomic mass is 10.0. The number of carbonyl (C=O) groups excluding carboxylic acids is 2. The first-order valence-corrected chi connectivity index (χ1v) is 7.40. The van der Waals surface area contributed by atoms with Crippen LogP contribution in [0.15, 0.2) is 24.3 Å². The van der Waals surface area contributed by atoms with Crippen LogP contribution in [0.4, 0.5) is 5.69 Å². The van der Waals surface area contributed by atoms with E-state index in [0.717, 1.165) is 0 Å². The van der Waals surface area contributed by atoms with Crippen LogP contribution in [0.25, 0.3) is 0 Å². The number of nitrogens with zero attached hydrogens (tertiary/aromatic N) is 1. The number of benzene rings is 1. The molecule has 2 amide bonds. The van der Waals surface area contributed by atoms with Gasteiger partial charge in [0.2, 0.25) is 5.91 Å². The van der Waals surface area contributed by atoms with Crippen LogP contribution in [0, 0.1) is 0 Å². The number of hydrogen-bond acceptors (Lipinski definition) is 4. The molecule has 1 aliphatic rings. The van der Waals surface area contributed by atoms with E-state index in [9.17, 15) is 14.4 Å².